The number of nitrogens with two attached hydrogens (primary N) is 1. The van der Waals surface area contributed by atoms with Crippen molar-refractivity contribution >= 4 is 5.91 Å². The fourth-order valence-electron chi connectivity index (χ4n) is 3.01. The van der Waals surface area contributed by atoms with E-state index in [1.54, 1.807) is 0 Å². The zero-order chi connectivity index (χ0) is 14.2. The minimum absolute atomic E-state index is 0.322. The number of carbonyl (C=O) groups excluding carboxylic acids is 1. The number of nitrogens with zero attached hydrogens (tertiary/aromatic N) is 1. The van der Waals surface area contributed by atoms with Crippen LogP contribution in [0.5, 0.6) is 0 Å². The lowest BCUT2D eigenvalue weighted by molar-refractivity contribution is -0.133. The highest BCUT2D eigenvalue weighted by molar-refractivity contribution is 5.76. The molecule has 0 aliphatic carbocycles. The Morgan fingerprint density at radius 3 is 2.85 bits per heavy atom. The van der Waals surface area contributed by atoms with Gasteiger partial charge in [0.25, 0.3) is 0 Å². The number of aryl methyl sites for hydroxylation is 1. The smallest absolute Gasteiger partial charge is 0.222 e. The van der Waals surface area contributed by atoms with E-state index in [0.29, 0.717) is 18.2 Å². The average molecular weight is 274 g/mol. The van der Waals surface area contributed by atoms with Gasteiger partial charge in [0.05, 0.1) is 0 Å². The maximum absolute atomic E-state index is 12.2. The number of likely N-dealkylation sites (tertiary alicyclic amines) is 1. The molecule has 1 amide bonds. The molecule has 1 atom stereocenters. The molecule has 0 spiro atoms. The molecular formula is C17H26N2O. The molecule has 2 N–H and O–H groups in total. The summed E-state index contributed by atoms with van der Waals surface area (Å²) in [6.07, 6.45) is 6.02. The van der Waals surface area contributed by atoms with Crippen LogP contribution in [0.2, 0.25) is 0 Å². The van der Waals surface area contributed by atoms with Crippen molar-refractivity contribution in [3.05, 3.63) is 35.9 Å². The standard InChI is InChI=1S/C17H26N2O/c18-12-11-16-9-5-13-19(14-16)17(20)10-4-8-15-6-2-1-3-7-15/h1-3,6-7,16H,4-5,8-14,18H2. The van der Waals surface area contributed by atoms with Gasteiger partial charge < -0.3 is 10.6 Å². The van der Waals surface area contributed by atoms with Crippen LogP contribution in [0.4, 0.5) is 0 Å². The number of rotatable bonds is 6. The van der Waals surface area contributed by atoms with Crippen LogP contribution < -0.4 is 5.73 Å². The second kappa shape index (κ2) is 8.05. The molecule has 1 aromatic carbocycles. The first-order chi connectivity index (χ1) is 9.79. The summed E-state index contributed by atoms with van der Waals surface area (Å²) in [5, 5.41) is 0. The Balaban J connectivity index is 1.71. The lowest BCUT2D eigenvalue weighted by atomic mass is 9.94. The highest BCUT2D eigenvalue weighted by atomic mass is 16.2. The minimum atomic E-state index is 0.322. The van der Waals surface area contributed by atoms with E-state index >= 15 is 0 Å². The topological polar surface area (TPSA) is 46.3 Å². The lowest BCUT2D eigenvalue weighted by Crippen LogP contribution is -2.40. The molecule has 0 aromatic heterocycles. The van der Waals surface area contributed by atoms with Gasteiger partial charge in [0.2, 0.25) is 5.91 Å². The number of hydrogen-bond acceptors (Lipinski definition) is 2. The Kier molecular flexibility index (Phi) is 6.06. The first-order valence-corrected chi connectivity index (χ1v) is 7.81. The molecule has 1 saturated heterocycles. The van der Waals surface area contributed by atoms with Crippen molar-refractivity contribution in [2.75, 3.05) is 19.6 Å². The van der Waals surface area contributed by atoms with Crippen LogP contribution in [0.3, 0.4) is 0 Å². The summed E-state index contributed by atoms with van der Waals surface area (Å²) in [5.74, 6) is 0.939. The third kappa shape index (κ3) is 4.64. The predicted octanol–water partition coefficient (Wildman–Crippen LogP) is 2.60. The summed E-state index contributed by atoms with van der Waals surface area (Å²) in [6, 6.07) is 10.4. The van der Waals surface area contributed by atoms with Crippen LogP contribution in [0, 0.1) is 5.92 Å². The Morgan fingerprint density at radius 1 is 1.30 bits per heavy atom. The molecule has 0 radical (unpaired) electrons. The van der Waals surface area contributed by atoms with E-state index in [0.717, 1.165) is 45.3 Å². The van der Waals surface area contributed by atoms with E-state index in [1.807, 2.05) is 6.07 Å². The molecule has 0 saturated carbocycles. The fourth-order valence-corrected chi connectivity index (χ4v) is 3.01. The molecule has 1 heterocycles. The van der Waals surface area contributed by atoms with Crippen LogP contribution in [0.25, 0.3) is 0 Å². The Labute approximate surface area is 122 Å². The summed E-state index contributed by atoms with van der Waals surface area (Å²) in [6.45, 7) is 2.59. The molecule has 0 bridgehead atoms. The van der Waals surface area contributed by atoms with Crippen molar-refractivity contribution in [1.82, 2.24) is 4.90 Å². The number of hydrogen-bond donors (Lipinski definition) is 1. The molecule has 1 aliphatic rings. The molecule has 1 aliphatic heterocycles. The van der Waals surface area contributed by atoms with Crippen molar-refractivity contribution in [3.8, 4) is 0 Å². The molecule has 20 heavy (non-hydrogen) atoms. The van der Waals surface area contributed by atoms with Crippen LogP contribution in [-0.4, -0.2) is 30.4 Å². The van der Waals surface area contributed by atoms with Crippen molar-refractivity contribution in [2.24, 2.45) is 11.7 Å². The SMILES string of the molecule is NCCC1CCCN(C(=O)CCCc2ccccc2)C1. The largest absolute Gasteiger partial charge is 0.342 e. The quantitative estimate of drug-likeness (QED) is 0.866. The molecule has 110 valence electrons. The van der Waals surface area contributed by atoms with Gasteiger partial charge in [-0.1, -0.05) is 30.3 Å². The van der Waals surface area contributed by atoms with E-state index in [9.17, 15) is 4.79 Å². The van der Waals surface area contributed by atoms with Gasteiger partial charge in [0.1, 0.15) is 0 Å². The predicted molar refractivity (Wildman–Crippen MR) is 82.4 cm³/mol. The van der Waals surface area contributed by atoms with Gasteiger partial charge in [0, 0.05) is 19.5 Å². The van der Waals surface area contributed by atoms with Crippen molar-refractivity contribution in [2.45, 2.75) is 38.5 Å². The van der Waals surface area contributed by atoms with Crippen molar-refractivity contribution < 1.29 is 4.79 Å². The third-order valence-corrected chi connectivity index (χ3v) is 4.15. The average Bonchev–Trinajstić information content (AvgIpc) is 2.49. The number of carbonyl (C=O) groups is 1. The van der Waals surface area contributed by atoms with Crippen molar-refractivity contribution in [1.29, 1.82) is 0 Å². The van der Waals surface area contributed by atoms with Gasteiger partial charge in [0.15, 0.2) is 0 Å². The molecule has 3 heteroatoms. The number of amides is 1. The van der Waals surface area contributed by atoms with Gasteiger partial charge in [-0.25, -0.2) is 0 Å². The maximum atomic E-state index is 12.2. The summed E-state index contributed by atoms with van der Waals surface area (Å²) >= 11 is 0. The van der Waals surface area contributed by atoms with Crippen LogP contribution in [0.15, 0.2) is 30.3 Å². The highest BCUT2D eigenvalue weighted by Gasteiger charge is 2.22. The Bertz CT molecular complexity index is 403. The molecule has 1 unspecified atom stereocenters. The molecule has 3 nitrogen and oxygen atoms in total. The Hall–Kier alpha value is -1.35. The van der Waals surface area contributed by atoms with E-state index in [1.165, 1.54) is 12.0 Å². The molecule has 1 aromatic rings. The summed E-state index contributed by atoms with van der Waals surface area (Å²) in [5.41, 5.74) is 6.94. The summed E-state index contributed by atoms with van der Waals surface area (Å²) < 4.78 is 0. The summed E-state index contributed by atoms with van der Waals surface area (Å²) in [7, 11) is 0. The first-order valence-electron chi connectivity index (χ1n) is 7.81. The van der Waals surface area contributed by atoms with E-state index in [-0.39, 0.29) is 0 Å². The van der Waals surface area contributed by atoms with Gasteiger partial charge in [-0.3, -0.25) is 4.79 Å². The van der Waals surface area contributed by atoms with Crippen LogP contribution >= 0.6 is 0 Å². The first kappa shape index (κ1) is 15.0. The van der Waals surface area contributed by atoms with E-state index < -0.39 is 0 Å². The molecule has 1 fully saturated rings. The normalized spacial score (nSPS) is 19.1. The third-order valence-electron chi connectivity index (χ3n) is 4.15. The minimum Gasteiger partial charge on any atom is -0.342 e. The molecular weight excluding hydrogens is 248 g/mol. The Morgan fingerprint density at radius 2 is 2.10 bits per heavy atom. The number of benzene rings is 1. The lowest BCUT2D eigenvalue weighted by Gasteiger charge is -2.32. The highest BCUT2D eigenvalue weighted by Crippen LogP contribution is 2.20. The summed E-state index contributed by atoms with van der Waals surface area (Å²) in [4.78, 5) is 14.3. The fraction of sp³-hybridized carbons (Fsp3) is 0.588. The van der Waals surface area contributed by atoms with Gasteiger partial charge in [-0.05, 0) is 50.1 Å². The van der Waals surface area contributed by atoms with Crippen LogP contribution in [-0.2, 0) is 11.2 Å². The van der Waals surface area contributed by atoms with Crippen molar-refractivity contribution in [3.63, 3.8) is 0 Å². The molecule has 2 rings (SSSR count). The van der Waals surface area contributed by atoms with Gasteiger partial charge >= 0.3 is 0 Å². The van der Waals surface area contributed by atoms with Gasteiger partial charge in [-0.15, -0.1) is 0 Å². The van der Waals surface area contributed by atoms with E-state index in [2.05, 4.69) is 29.2 Å². The van der Waals surface area contributed by atoms with Crippen LogP contribution in [0.1, 0.15) is 37.7 Å². The second-order valence-electron chi connectivity index (χ2n) is 5.76. The number of piperidine rings is 1. The zero-order valence-electron chi connectivity index (χ0n) is 12.3. The van der Waals surface area contributed by atoms with Gasteiger partial charge in [-0.2, -0.15) is 0 Å². The zero-order valence-corrected chi connectivity index (χ0v) is 12.3. The van der Waals surface area contributed by atoms with E-state index in [4.69, 9.17) is 5.73 Å². The maximum Gasteiger partial charge on any atom is 0.222 e. The monoisotopic (exact) mass is 274 g/mol. The second-order valence-corrected chi connectivity index (χ2v) is 5.76.